The van der Waals surface area contributed by atoms with E-state index in [9.17, 15) is 22.9 Å². The molecule has 4 rings (SSSR count). The number of aliphatic hydroxyl groups excluding tert-OH is 1. The van der Waals surface area contributed by atoms with Crippen molar-refractivity contribution in [3.05, 3.63) is 62.7 Å². The summed E-state index contributed by atoms with van der Waals surface area (Å²) in [7, 11) is -4.12. The minimum Gasteiger partial charge on any atom is -0.606 e. The molecule has 3 aromatic rings. The maximum absolute atomic E-state index is 13.3. The van der Waals surface area contributed by atoms with E-state index in [-0.39, 0.29) is 44.6 Å². The van der Waals surface area contributed by atoms with Gasteiger partial charge in [-0.2, -0.15) is 8.42 Å². The fraction of sp³-hybridized carbons (Fsp3) is 0.286. The van der Waals surface area contributed by atoms with Crippen LogP contribution in [0.25, 0.3) is 0 Å². The van der Waals surface area contributed by atoms with Crippen molar-refractivity contribution in [3.63, 3.8) is 0 Å². The van der Waals surface area contributed by atoms with Crippen molar-refractivity contribution in [2.75, 3.05) is 11.9 Å². The summed E-state index contributed by atoms with van der Waals surface area (Å²) in [5, 5.41) is 18.7. The summed E-state index contributed by atoms with van der Waals surface area (Å²) in [4.78, 5) is 22.4. The quantitative estimate of drug-likeness (QED) is 0.250. The number of aliphatic hydroxyl groups is 1. The zero-order valence-electron chi connectivity index (χ0n) is 18.3. The number of hydrogen-bond acceptors (Lipinski definition) is 10. The van der Waals surface area contributed by atoms with E-state index in [0.29, 0.717) is 16.3 Å². The Bertz CT molecular complexity index is 1370. The smallest absolute Gasteiger partial charge is 0.333 e. The van der Waals surface area contributed by atoms with E-state index in [4.69, 9.17) is 28.3 Å². The summed E-state index contributed by atoms with van der Waals surface area (Å²) >= 11 is 11.7. The lowest BCUT2D eigenvalue weighted by atomic mass is 10.1. The van der Waals surface area contributed by atoms with Crippen LogP contribution < -0.4 is 10.5 Å². The molecule has 4 N–H and O–H groups in total. The molecule has 0 aliphatic heterocycles. The summed E-state index contributed by atoms with van der Waals surface area (Å²) < 4.78 is 39.9. The summed E-state index contributed by atoms with van der Waals surface area (Å²) in [6.45, 7) is -0.256. The molecule has 4 atom stereocenters. The van der Waals surface area contributed by atoms with E-state index < -0.39 is 39.3 Å². The summed E-state index contributed by atoms with van der Waals surface area (Å²) in [6.07, 6.45) is 2.44. The van der Waals surface area contributed by atoms with Crippen LogP contribution >= 0.6 is 34.5 Å². The minimum absolute atomic E-state index is 0.161. The lowest BCUT2D eigenvalue weighted by Crippen LogP contribution is -2.24. The molecule has 2 aromatic heterocycles. The third kappa shape index (κ3) is 6.54. The highest BCUT2D eigenvalue weighted by molar-refractivity contribution is 7.91. The van der Waals surface area contributed by atoms with Gasteiger partial charge in [-0.25, -0.2) is 15.1 Å². The highest BCUT2D eigenvalue weighted by Crippen LogP contribution is 2.37. The number of ketones is 1. The predicted molar refractivity (Wildman–Crippen MR) is 136 cm³/mol. The van der Waals surface area contributed by atoms with Gasteiger partial charge in [0.05, 0.1) is 23.2 Å². The molecule has 0 saturated heterocycles. The van der Waals surface area contributed by atoms with E-state index in [1.807, 2.05) is 0 Å². The Labute approximate surface area is 224 Å². The molecule has 0 amide bonds. The van der Waals surface area contributed by atoms with Gasteiger partial charge >= 0.3 is 10.3 Å². The summed E-state index contributed by atoms with van der Waals surface area (Å²) in [5.74, 6) is -0.656. The molecule has 10 nitrogen and oxygen atoms in total. The van der Waals surface area contributed by atoms with Gasteiger partial charge in [0, 0.05) is 46.5 Å². The second-order valence-electron chi connectivity index (χ2n) is 8.01. The van der Waals surface area contributed by atoms with Crippen molar-refractivity contribution in [2.45, 2.75) is 34.8 Å². The van der Waals surface area contributed by atoms with Crippen molar-refractivity contribution in [1.82, 2.24) is 9.97 Å². The molecule has 1 fully saturated rings. The summed E-state index contributed by atoms with van der Waals surface area (Å²) in [5.41, 5.74) is 0.161. The Balaban J connectivity index is 1.51. The number of rotatable bonds is 9. The van der Waals surface area contributed by atoms with Gasteiger partial charge < -0.3 is 15.0 Å². The molecular weight excluding hydrogens is 571 g/mol. The first-order chi connectivity index (χ1) is 17.0. The number of benzene rings is 1. The number of nitrogens with zero attached hydrogens (tertiary/aromatic N) is 2. The van der Waals surface area contributed by atoms with Crippen LogP contribution in [0.4, 0.5) is 5.82 Å². The number of carbonyl (C=O) groups is 1. The number of carbonyl (C=O) groups excluding carboxylic acids is 1. The molecule has 15 heteroatoms. The number of nitrogens with two attached hydrogens (primary N) is 1. The van der Waals surface area contributed by atoms with E-state index in [2.05, 4.69) is 19.5 Å². The van der Waals surface area contributed by atoms with E-state index in [1.54, 1.807) is 24.3 Å². The highest BCUT2D eigenvalue weighted by atomic mass is 35.5. The van der Waals surface area contributed by atoms with E-state index >= 15 is 0 Å². The molecule has 2 heterocycles. The van der Waals surface area contributed by atoms with E-state index in [1.165, 1.54) is 18.6 Å². The van der Waals surface area contributed by atoms with Crippen LogP contribution in [0.15, 0.2) is 52.6 Å². The zero-order chi connectivity index (χ0) is 26.0. The van der Waals surface area contributed by atoms with Crippen LogP contribution in [0.2, 0.25) is 9.36 Å². The van der Waals surface area contributed by atoms with Crippen LogP contribution in [0.3, 0.4) is 0 Å². The lowest BCUT2D eigenvalue weighted by Gasteiger charge is -2.15. The molecule has 0 spiro atoms. The number of nitrogens with one attached hydrogen (secondary N) is 1. The van der Waals surface area contributed by atoms with Gasteiger partial charge in [0.15, 0.2) is 9.79 Å². The fourth-order valence-electron chi connectivity index (χ4n) is 3.82. The molecule has 1 saturated carbocycles. The molecule has 192 valence electrons. The van der Waals surface area contributed by atoms with Gasteiger partial charge in [0.2, 0.25) is 5.78 Å². The Morgan fingerprint density at radius 1 is 1.33 bits per heavy atom. The Morgan fingerprint density at radius 3 is 2.83 bits per heavy atom. The van der Waals surface area contributed by atoms with Crippen LogP contribution in [0, 0.1) is 5.92 Å². The summed E-state index contributed by atoms with van der Waals surface area (Å²) in [6, 6.07) is 7.72. The molecule has 0 bridgehead atoms. The molecule has 1 unspecified atom stereocenters. The van der Waals surface area contributed by atoms with Gasteiger partial charge in [-0.15, -0.1) is 11.3 Å². The first kappa shape index (κ1) is 27.2. The third-order valence-corrected chi connectivity index (χ3v) is 9.19. The Kier molecular flexibility index (Phi) is 8.54. The predicted octanol–water partition coefficient (Wildman–Crippen LogP) is 3.01. The normalized spacial score (nSPS) is 20.9. The van der Waals surface area contributed by atoms with Gasteiger partial charge in [0.25, 0.3) is 0 Å². The fourth-order valence-corrected chi connectivity index (χ4v) is 7.17. The van der Waals surface area contributed by atoms with Crippen LogP contribution in [-0.4, -0.2) is 52.6 Å². The Hall–Kier alpha value is -1.81. The number of thiophene rings is 1. The van der Waals surface area contributed by atoms with Gasteiger partial charge in [-0.3, -0.25) is 8.98 Å². The SMILES string of the molecule is NS(=O)(=O)OC[C@H]1C[C@@H](Nc2ncncc2C(=O)c2cc([S+]([O-])c3cccc(Cl)c3)c(Cl)s2)C[C@@H]1O. The third-order valence-electron chi connectivity index (χ3n) is 5.49. The van der Waals surface area contributed by atoms with Gasteiger partial charge in [-0.1, -0.05) is 29.3 Å². The van der Waals surface area contributed by atoms with Crippen molar-refractivity contribution in [3.8, 4) is 0 Å². The van der Waals surface area contributed by atoms with Crippen molar-refractivity contribution in [1.29, 1.82) is 0 Å². The van der Waals surface area contributed by atoms with Crippen molar-refractivity contribution in [2.24, 2.45) is 11.1 Å². The largest absolute Gasteiger partial charge is 0.606 e. The van der Waals surface area contributed by atoms with Crippen molar-refractivity contribution >= 4 is 67.6 Å². The number of halogens is 2. The first-order valence-electron chi connectivity index (χ1n) is 10.4. The molecule has 36 heavy (non-hydrogen) atoms. The number of hydrogen-bond donors (Lipinski definition) is 3. The monoisotopic (exact) mass is 590 g/mol. The number of aromatic nitrogens is 2. The molecule has 1 aromatic carbocycles. The average molecular weight is 592 g/mol. The lowest BCUT2D eigenvalue weighted by molar-refractivity contribution is 0.101. The van der Waals surface area contributed by atoms with Gasteiger partial charge in [0.1, 0.15) is 16.5 Å². The maximum atomic E-state index is 13.3. The second-order valence-corrected chi connectivity index (χ2v) is 12.8. The topological polar surface area (TPSA) is 168 Å². The molecule has 0 radical (unpaired) electrons. The average Bonchev–Trinajstić information content (AvgIpc) is 3.38. The molecular formula is C21H20Cl2N4O6S3. The first-order valence-corrected chi connectivity index (χ1v) is 14.6. The zero-order valence-corrected chi connectivity index (χ0v) is 22.3. The molecule has 1 aliphatic carbocycles. The second kappa shape index (κ2) is 11.3. The van der Waals surface area contributed by atoms with E-state index in [0.717, 1.165) is 11.3 Å². The van der Waals surface area contributed by atoms with Crippen LogP contribution in [-0.2, 0) is 25.7 Å². The molecule has 1 aliphatic rings. The maximum Gasteiger partial charge on any atom is 0.333 e. The standard InChI is InChI=1S/C21H20Cl2N4O6S3/c22-12-2-1-3-14(5-12)35(30)18-7-17(34-20(18)23)19(29)15-8-25-10-26-21(15)27-13-4-11(16(28)6-13)9-33-36(24,31)32/h1-3,5,7-8,10-11,13,16,28H,4,6,9H2,(H2,24,31,32)(H,25,26,27)/t11-,13-,16+,35?/m1/s1. The minimum atomic E-state index is -4.12. The highest BCUT2D eigenvalue weighted by Gasteiger charge is 2.35. The van der Waals surface area contributed by atoms with Crippen molar-refractivity contribution < 1.29 is 27.1 Å². The Morgan fingerprint density at radius 2 is 2.11 bits per heavy atom. The van der Waals surface area contributed by atoms with Crippen LogP contribution in [0.1, 0.15) is 28.1 Å². The van der Waals surface area contributed by atoms with Crippen LogP contribution in [0.5, 0.6) is 0 Å². The van der Waals surface area contributed by atoms with Gasteiger partial charge in [-0.05, 0) is 25.0 Å². The number of anilines is 1.